The lowest BCUT2D eigenvalue weighted by atomic mass is 10.0. The molecule has 0 fully saturated rings. The monoisotopic (exact) mass is 232 g/mol. The summed E-state index contributed by atoms with van der Waals surface area (Å²) < 4.78 is 30.6. The number of benzene rings is 1. The summed E-state index contributed by atoms with van der Waals surface area (Å²) in [5.41, 5.74) is 1.36. The lowest BCUT2D eigenvalue weighted by Crippen LogP contribution is -2.04. The minimum atomic E-state index is -4.31. The summed E-state index contributed by atoms with van der Waals surface area (Å²) in [7, 11) is -4.31. The van der Waals surface area contributed by atoms with E-state index in [0.717, 1.165) is 0 Å². The Labute approximate surface area is 87.7 Å². The molecule has 84 valence electrons. The quantitative estimate of drug-likeness (QED) is 0.648. The van der Waals surface area contributed by atoms with Gasteiger partial charge in [0.1, 0.15) is 0 Å². The molecule has 0 bridgehead atoms. The standard InChI is InChI=1S/C9H12O5S/c1-6-7(4-10)2-9(15(12,13)14)3-8(6)5-11/h2-3,10-11H,4-5H2,1H3,(H,12,13,14). The Morgan fingerprint density at radius 2 is 1.53 bits per heavy atom. The smallest absolute Gasteiger partial charge is 0.294 e. The molecule has 0 aliphatic heterocycles. The van der Waals surface area contributed by atoms with Gasteiger partial charge in [0.05, 0.1) is 18.1 Å². The second-order valence-corrected chi connectivity index (χ2v) is 4.58. The summed E-state index contributed by atoms with van der Waals surface area (Å²) in [6.45, 7) is 0.968. The van der Waals surface area contributed by atoms with E-state index in [9.17, 15) is 8.42 Å². The minimum Gasteiger partial charge on any atom is -0.392 e. The van der Waals surface area contributed by atoms with Gasteiger partial charge in [-0.15, -0.1) is 0 Å². The topological polar surface area (TPSA) is 94.8 Å². The molecule has 1 aromatic rings. The van der Waals surface area contributed by atoms with Crippen LogP contribution >= 0.6 is 0 Å². The Hall–Kier alpha value is -0.950. The average Bonchev–Trinajstić information content (AvgIpc) is 2.16. The van der Waals surface area contributed by atoms with Crippen LogP contribution in [0.25, 0.3) is 0 Å². The van der Waals surface area contributed by atoms with E-state index in [2.05, 4.69) is 0 Å². The van der Waals surface area contributed by atoms with Gasteiger partial charge in [0.25, 0.3) is 10.1 Å². The third kappa shape index (κ3) is 2.54. The number of aliphatic hydroxyl groups is 2. The zero-order valence-electron chi connectivity index (χ0n) is 8.14. The molecule has 3 N–H and O–H groups in total. The molecule has 0 aliphatic carbocycles. The zero-order chi connectivity index (χ0) is 11.6. The van der Waals surface area contributed by atoms with Gasteiger partial charge in [-0.05, 0) is 35.7 Å². The maximum atomic E-state index is 10.9. The van der Waals surface area contributed by atoms with Crippen LogP contribution in [0.4, 0.5) is 0 Å². The second-order valence-electron chi connectivity index (χ2n) is 3.16. The minimum absolute atomic E-state index is 0.318. The molecule has 0 saturated carbocycles. The highest BCUT2D eigenvalue weighted by atomic mass is 32.2. The van der Waals surface area contributed by atoms with Crippen LogP contribution in [-0.2, 0) is 23.3 Å². The van der Waals surface area contributed by atoms with Crippen molar-refractivity contribution in [2.45, 2.75) is 25.0 Å². The predicted octanol–water partition coefficient (Wildman–Crippen LogP) is 0.226. The van der Waals surface area contributed by atoms with Crippen molar-refractivity contribution in [3.8, 4) is 0 Å². The molecule has 0 spiro atoms. The molecule has 5 nitrogen and oxygen atoms in total. The van der Waals surface area contributed by atoms with Gasteiger partial charge in [0.2, 0.25) is 0 Å². The van der Waals surface area contributed by atoms with Crippen LogP contribution in [0.3, 0.4) is 0 Å². The fourth-order valence-corrected chi connectivity index (χ4v) is 1.87. The van der Waals surface area contributed by atoms with Crippen molar-refractivity contribution in [2.24, 2.45) is 0 Å². The van der Waals surface area contributed by atoms with E-state index in [-0.39, 0.29) is 18.1 Å². The van der Waals surface area contributed by atoms with Crippen LogP contribution in [0.1, 0.15) is 16.7 Å². The molecular formula is C9H12O5S. The molecule has 0 unspecified atom stereocenters. The largest absolute Gasteiger partial charge is 0.392 e. The molecule has 0 aromatic heterocycles. The van der Waals surface area contributed by atoms with Crippen LogP contribution in [0.15, 0.2) is 17.0 Å². The van der Waals surface area contributed by atoms with Gasteiger partial charge in [0, 0.05) is 0 Å². The Balaban J connectivity index is 3.47. The molecule has 0 aliphatic rings. The van der Waals surface area contributed by atoms with Crippen LogP contribution in [0, 0.1) is 6.92 Å². The molecule has 1 rings (SSSR count). The van der Waals surface area contributed by atoms with Crippen molar-refractivity contribution in [2.75, 3.05) is 0 Å². The summed E-state index contributed by atoms with van der Waals surface area (Å²) in [6.07, 6.45) is 0. The first-order valence-corrected chi connectivity index (χ1v) is 5.65. The molecule has 6 heteroatoms. The number of hydrogen-bond donors (Lipinski definition) is 3. The summed E-state index contributed by atoms with van der Waals surface area (Å²) in [5, 5.41) is 17.9. The average molecular weight is 232 g/mol. The van der Waals surface area contributed by atoms with Crippen molar-refractivity contribution in [3.05, 3.63) is 28.8 Å². The summed E-state index contributed by atoms with van der Waals surface area (Å²) >= 11 is 0. The lowest BCUT2D eigenvalue weighted by Gasteiger charge is -2.09. The first-order chi connectivity index (χ1) is 6.90. The van der Waals surface area contributed by atoms with Gasteiger partial charge < -0.3 is 10.2 Å². The highest BCUT2D eigenvalue weighted by Crippen LogP contribution is 2.20. The van der Waals surface area contributed by atoms with E-state index in [1.807, 2.05) is 0 Å². The maximum absolute atomic E-state index is 10.9. The number of aliphatic hydroxyl groups excluding tert-OH is 2. The van der Waals surface area contributed by atoms with Crippen molar-refractivity contribution >= 4 is 10.1 Å². The van der Waals surface area contributed by atoms with Gasteiger partial charge in [0.15, 0.2) is 0 Å². The van der Waals surface area contributed by atoms with Crippen LogP contribution in [0.5, 0.6) is 0 Å². The molecule has 0 saturated heterocycles. The fraction of sp³-hybridized carbons (Fsp3) is 0.333. The molecule has 15 heavy (non-hydrogen) atoms. The van der Waals surface area contributed by atoms with Crippen molar-refractivity contribution in [3.63, 3.8) is 0 Å². The van der Waals surface area contributed by atoms with Gasteiger partial charge in [-0.25, -0.2) is 0 Å². The van der Waals surface area contributed by atoms with E-state index in [1.165, 1.54) is 12.1 Å². The normalized spacial score (nSPS) is 11.7. The Bertz CT molecular complexity index is 438. The fourth-order valence-electron chi connectivity index (χ4n) is 1.29. The summed E-state index contributed by atoms with van der Waals surface area (Å²) in [4.78, 5) is -0.318. The van der Waals surface area contributed by atoms with Crippen LogP contribution in [-0.4, -0.2) is 23.2 Å². The van der Waals surface area contributed by atoms with E-state index in [4.69, 9.17) is 14.8 Å². The summed E-state index contributed by atoms with van der Waals surface area (Å²) in [6, 6.07) is 2.37. The van der Waals surface area contributed by atoms with Crippen molar-refractivity contribution in [1.29, 1.82) is 0 Å². The van der Waals surface area contributed by atoms with Gasteiger partial charge in [-0.2, -0.15) is 8.42 Å². The third-order valence-corrected chi connectivity index (χ3v) is 3.07. The Morgan fingerprint density at radius 3 is 1.80 bits per heavy atom. The molecule has 1 aromatic carbocycles. The highest BCUT2D eigenvalue weighted by molar-refractivity contribution is 7.85. The number of hydrogen-bond acceptors (Lipinski definition) is 4. The Kier molecular flexibility index (Phi) is 3.46. The maximum Gasteiger partial charge on any atom is 0.294 e. The molecule has 0 amide bonds. The highest BCUT2D eigenvalue weighted by Gasteiger charge is 2.14. The zero-order valence-corrected chi connectivity index (χ0v) is 8.95. The van der Waals surface area contributed by atoms with Crippen molar-refractivity contribution in [1.82, 2.24) is 0 Å². The van der Waals surface area contributed by atoms with Crippen LogP contribution in [0.2, 0.25) is 0 Å². The summed E-state index contributed by atoms with van der Waals surface area (Å²) in [5.74, 6) is 0. The molecular weight excluding hydrogens is 220 g/mol. The Morgan fingerprint density at radius 1 is 1.13 bits per heavy atom. The molecule has 0 atom stereocenters. The van der Waals surface area contributed by atoms with Crippen LogP contribution < -0.4 is 0 Å². The van der Waals surface area contributed by atoms with E-state index >= 15 is 0 Å². The molecule has 0 radical (unpaired) electrons. The van der Waals surface area contributed by atoms with E-state index < -0.39 is 10.1 Å². The van der Waals surface area contributed by atoms with Gasteiger partial charge >= 0.3 is 0 Å². The SMILES string of the molecule is Cc1c(CO)cc(S(=O)(=O)O)cc1CO. The third-order valence-electron chi connectivity index (χ3n) is 2.23. The first-order valence-electron chi connectivity index (χ1n) is 4.21. The van der Waals surface area contributed by atoms with Crippen molar-refractivity contribution < 1.29 is 23.2 Å². The number of rotatable bonds is 3. The van der Waals surface area contributed by atoms with Gasteiger partial charge in [-0.3, -0.25) is 4.55 Å². The first kappa shape index (κ1) is 12.1. The molecule has 0 heterocycles. The van der Waals surface area contributed by atoms with Gasteiger partial charge in [-0.1, -0.05) is 0 Å². The van der Waals surface area contributed by atoms with E-state index in [0.29, 0.717) is 16.7 Å². The van der Waals surface area contributed by atoms with E-state index in [1.54, 1.807) is 6.92 Å². The predicted molar refractivity (Wildman–Crippen MR) is 52.8 cm³/mol. The second kappa shape index (κ2) is 4.28. The lowest BCUT2D eigenvalue weighted by molar-refractivity contribution is 0.273.